The highest BCUT2D eigenvalue weighted by atomic mass is 32.2. The van der Waals surface area contributed by atoms with E-state index in [0.717, 1.165) is 32.6 Å². The predicted octanol–water partition coefficient (Wildman–Crippen LogP) is 5.66. The summed E-state index contributed by atoms with van der Waals surface area (Å²) < 4.78 is 5.14. The van der Waals surface area contributed by atoms with E-state index in [-0.39, 0.29) is 0 Å². The Bertz CT molecular complexity index is 721. The summed E-state index contributed by atoms with van der Waals surface area (Å²) in [4.78, 5) is 14.2. The van der Waals surface area contributed by atoms with Crippen LogP contribution in [0.15, 0.2) is 34.5 Å². The van der Waals surface area contributed by atoms with Crippen molar-refractivity contribution in [3.05, 3.63) is 40.8 Å². The first-order chi connectivity index (χ1) is 11.7. The molecule has 0 bridgehead atoms. The zero-order valence-corrected chi connectivity index (χ0v) is 16.2. The number of carbonyl (C=O) groups is 1. The van der Waals surface area contributed by atoms with Crippen LogP contribution in [0.25, 0.3) is 10.4 Å². The number of nitrogens with zero attached hydrogens (tertiary/aromatic N) is 1. The minimum absolute atomic E-state index is 0.293. The SMILES string of the molecule is CCCSCSc1cc(-c2cccs2)cc(C(=O)OCC)c1C#N. The monoisotopic (exact) mass is 377 g/mol. The molecule has 2 aromatic rings. The van der Waals surface area contributed by atoms with E-state index in [1.165, 1.54) is 0 Å². The van der Waals surface area contributed by atoms with E-state index in [1.54, 1.807) is 36.1 Å². The summed E-state index contributed by atoms with van der Waals surface area (Å²) in [5.74, 6) is 0.653. The van der Waals surface area contributed by atoms with Gasteiger partial charge in [0.05, 0.1) is 17.7 Å². The first-order valence-electron chi connectivity index (χ1n) is 7.70. The number of hydrogen-bond donors (Lipinski definition) is 0. The molecule has 24 heavy (non-hydrogen) atoms. The zero-order chi connectivity index (χ0) is 17.4. The molecule has 0 aliphatic heterocycles. The summed E-state index contributed by atoms with van der Waals surface area (Å²) in [6.07, 6.45) is 1.12. The number of thioether (sulfide) groups is 2. The van der Waals surface area contributed by atoms with E-state index in [0.29, 0.717) is 17.7 Å². The van der Waals surface area contributed by atoms with Crippen molar-refractivity contribution in [1.29, 1.82) is 5.26 Å². The van der Waals surface area contributed by atoms with Crippen LogP contribution in [0.2, 0.25) is 0 Å². The maximum absolute atomic E-state index is 12.3. The summed E-state index contributed by atoms with van der Waals surface area (Å²) in [6, 6.07) is 9.96. The minimum Gasteiger partial charge on any atom is -0.462 e. The number of esters is 1. The molecule has 3 nitrogen and oxygen atoms in total. The van der Waals surface area contributed by atoms with Crippen molar-refractivity contribution in [2.75, 3.05) is 17.4 Å². The quantitative estimate of drug-likeness (QED) is 0.257. The molecule has 1 heterocycles. The lowest BCUT2D eigenvalue weighted by atomic mass is 10.0. The third-order valence-corrected chi connectivity index (χ3v) is 6.55. The number of ether oxygens (including phenoxy) is 1. The second-order valence-electron chi connectivity index (χ2n) is 4.88. The zero-order valence-electron chi connectivity index (χ0n) is 13.7. The molecule has 126 valence electrons. The van der Waals surface area contributed by atoms with Gasteiger partial charge in [0.2, 0.25) is 0 Å². The molecule has 0 aliphatic rings. The molecule has 0 aliphatic carbocycles. The van der Waals surface area contributed by atoms with Crippen molar-refractivity contribution in [2.45, 2.75) is 25.2 Å². The fraction of sp³-hybridized carbons (Fsp3) is 0.333. The molecule has 0 amide bonds. The van der Waals surface area contributed by atoms with E-state index in [2.05, 4.69) is 13.0 Å². The maximum Gasteiger partial charge on any atom is 0.339 e. The van der Waals surface area contributed by atoms with Gasteiger partial charge in [0.1, 0.15) is 6.07 Å². The van der Waals surface area contributed by atoms with Crippen LogP contribution in [-0.2, 0) is 4.74 Å². The van der Waals surface area contributed by atoms with Crippen LogP contribution >= 0.6 is 34.9 Å². The Balaban J connectivity index is 2.42. The highest BCUT2D eigenvalue weighted by molar-refractivity contribution is 8.16. The van der Waals surface area contributed by atoms with Crippen molar-refractivity contribution >= 4 is 40.8 Å². The summed E-state index contributed by atoms with van der Waals surface area (Å²) in [5.41, 5.74) is 1.72. The molecular formula is C18H19NO2S3. The molecule has 6 heteroatoms. The van der Waals surface area contributed by atoms with Crippen LogP contribution in [0.5, 0.6) is 0 Å². The third kappa shape index (κ3) is 4.79. The highest BCUT2D eigenvalue weighted by Crippen LogP contribution is 2.35. The van der Waals surface area contributed by atoms with Crippen molar-refractivity contribution in [2.24, 2.45) is 0 Å². The first-order valence-corrected chi connectivity index (χ1v) is 10.7. The number of thiophene rings is 1. The Morgan fingerprint density at radius 2 is 2.21 bits per heavy atom. The summed E-state index contributed by atoms with van der Waals surface area (Å²) >= 11 is 5.06. The second-order valence-corrected chi connectivity index (χ2v) is 8.31. The average Bonchev–Trinajstić information content (AvgIpc) is 3.12. The van der Waals surface area contributed by atoms with Crippen LogP contribution < -0.4 is 0 Å². The van der Waals surface area contributed by atoms with Gasteiger partial charge in [-0.15, -0.1) is 23.1 Å². The van der Waals surface area contributed by atoms with Crippen LogP contribution in [0.3, 0.4) is 0 Å². The molecule has 1 aromatic heterocycles. The van der Waals surface area contributed by atoms with Crippen LogP contribution in [0, 0.1) is 11.3 Å². The minimum atomic E-state index is -0.435. The van der Waals surface area contributed by atoms with Crippen molar-refractivity contribution in [3.63, 3.8) is 0 Å². The summed E-state index contributed by atoms with van der Waals surface area (Å²) in [6.45, 7) is 4.21. The number of carbonyl (C=O) groups excluding carboxylic acids is 1. The topological polar surface area (TPSA) is 50.1 Å². The Hall–Kier alpha value is -1.42. The van der Waals surface area contributed by atoms with Gasteiger partial charge < -0.3 is 4.74 Å². The smallest absolute Gasteiger partial charge is 0.339 e. The van der Waals surface area contributed by atoms with Gasteiger partial charge in [-0.05, 0) is 48.2 Å². The molecule has 0 spiro atoms. The average molecular weight is 378 g/mol. The Labute approximate surface area is 155 Å². The molecule has 0 radical (unpaired) electrons. The molecule has 0 fully saturated rings. The molecule has 2 rings (SSSR count). The lowest BCUT2D eigenvalue weighted by molar-refractivity contribution is 0.0525. The predicted molar refractivity (Wildman–Crippen MR) is 104 cm³/mol. The van der Waals surface area contributed by atoms with Gasteiger partial charge in [-0.3, -0.25) is 0 Å². The van der Waals surface area contributed by atoms with Crippen molar-refractivity contribution in [3.8, 4) is 16.5 Å². The lowest BCUT2D eigenvalue weighted by Gasteiger charge is -2.11. The van der Waals surface area contributed by atoms with Gasteiger partial charge in [0.15, 0.2) is 0 Å². The molecule has 0 atom stereocenters. The van der Waals surface area contributed by atoms with Gasteiger partial charge in [-0.25, -0.2) is 4.79 Å². The van der Waals surface area contributed by atoms with E-state index in [4.69, 9.17) is 4.74 Å². The first kappa shape index (κ1) is 18.9. The van der Waals surface area contributed by atoms with Crippen LogP contribution in [0.1, 0.15) is 36.2 Å². The van der Waals surface area contributed by atoms with Crippen molar-refractivity contribution < 1.29 is 9.53 Å². The second kappa shape index (κ2) is 9.77. The maximum atomic E-state index is 12.3. The van der Waals surface area contributed by atoms with Crippen LogP contribution in [0.4, 0.5) is 0 Å². The largest absolute Gasteiger partial charge is 0.462 e. The lowest BCUT2D eigenvalue weighted by Crippen LogP contribution is -2.08. The van der Waals surface area contributed by atoms with E-state index in [9.17, 15) is 10.1 Å². The Morgan fingerprint density at radius 3 is 2.83 bits per heavy atom. The van der Waals surface area contributed by atoms with Gasteiger partial charge >= 0.3 is 5.97 Å². The summed E-state index contributed by atoms with van der Waals surface area (Å²) in [7, 11) is 0. The molecule has 0 unspecified atom stereocenters. The van der Waals surface area contributed by atoms with E-state index >= 15 is 0 Å². The molecule has 0 saturated carbocycles. The van der Waals surface area contributed by atoms with Gasteiger partial charge in [-0.2, -0.15) is 17.0 Å². The number of rotatable bonds is 8. The van der Waals surface area contributed by atoms with Gasteiger partial charge in [-0.1, -0.05) is 13.0 Å². The molecular weight excluding hydrogens is 358 g/mol. The number of hydrogen-bond acceptors (Lipinski definition) is 6. The Kier molecular flexibility index (Phi) is 7.70. The fourth-order valence-electron chi connectivity index (χ4n) is 2.11. The van der Waals surface area contributed by atoms with E-state index in [1.807, 2.05) is 35.3 Å². The third-order valence-electron chi connectivity index (χ3n) is 3.16. The molecule has 0 N–H and O–H groups in total. The highest BCUT2D eigenvalue weighted by Gasteiger charge is 2.19. The standard InChI is InChI=1S/C18H19NO2S3/c1-3-7-22-12-24-17-10-13(16-6-5-8-23-16)9-14(15(17)11-19)18(20)21-4-2/h5-6,8-10H,3-4,7,12H2,1-2H3. The normalized spacial score (nSPS) is 10.4. The number of nitriles is 1. The van der Waals surface area contributed by atoms with Crippen LogP contribution in [-0.4, -0.2) is 23.4 Å². The summed E-state index contributed by atoms with van der Waals surface area (Å²) in [5, 5.41) is 12.4. The van der Waals surface area contributed by atoms with E-state index < -0.39 is 5.97 Å². The number of benzene rings is 1. The van der Waals surface area contributed by atoms with Crippen molar-refractivity contribution in [1.82, 2.24) is 0 Å². The van der Waals surface area contributed by atoms with Gasteiger partial charge in [0, 0.05) is 14.9 Å². The van der Waals surface area contributed by atoms with Gasteiger partial charge in [0.25, 0.3) is 0 Å². The fourth-order valence-corrected chi connectivity index (χ4v) is 4.93. The molecule has 1 aromatic carbocycles. The molecule has 0 saturated heterocycles. The Morgan fingerprint density at radius 1 is 1.38 bits per heavy atom.